The number of oxime groups is 1. The SMILES string of the molecule is CCO/N=C(/C)C1=C(O)C[C@@H](c2c(C)cc(C)cc2C)CC1=O. The van der Waals surface area contributed by atoms with Crippen molar-refractivity contribution in [2.24, 2.45) is 5.16 Å². The average Bonchev–Trinajstić information content (AvgIpc) is 2.43. The lowest BCUT2D eigenvalue weighted by Crippen LogP contribution is -2.23. The Labute approximate surface area is 137 Å². The third-order valence-corrected chi connectivity index (χ3v) is 4.28. The molecule has 1 aromatic carbocycles. The van der Waals surface area contributed by atoms with Gasteiger partial charge in [-0.25, -0.2) is 0 Å². The summed E-state index contributed by atoms with van der Waals surface area (Å²) in [5.74, 6) is 0.0670. The number of aliphatic hydroxyl groups is 1. The summed E-state index contributed by atoms with van der Waals surface area (Å²) in [4.78, 5) is 17.5. The number of hydrogen-bond donors (Lipinski definition) is 1. The Morgan fingerprint density at radius 1 is 1.26 bits per heavy atom. The Bertz CT molecular complexity index is 663. The van der Waals surface area contributed by atoms with Gasteiger partial charge in [0.25, 0.3) is 0 Å². The van der Waals surface area contributed by atoms with Gasteiger partial charge in [0.2, 0.25) is 0 Å². The monoisotopic (exact) mass is 315 g/mol. The minimum atomic E-state index is -0.0703. The smallest absolute Gasteiger partial charge is 0.168 e. The Balaban J connectivity index is 2.36. The molecule has 124 valence electrons. The van der Waals surface area contributed by atoms with E-state index in [1.165, 1.54) is 22.3 Å². The van der Waals surface area contributed by atoms with Crippen molar-refractivity contribution < 1.29 is 14.7 Å². The molecule has 1 N–H and O–H groups in total. The molecule has 0 saturated heterocycles. The van der Waals surface area contributed by atoms with Gasteiger partial charge in [-0.2, -0.15) is 0 Å². The molecule has 23 heavy (non-hydrogen) atoms. The second-order valence-corrected chi connectivity index (χ2v) is 6.26. The number of carbonyl (C=O) groups is 1. The summed E-state index contributed by atoms with van der Waals surface area (Å²) >= 11 is 0. The van der Waals surface area contributed by atoms with Crippen LogP contribution in [-0.2, 0) is 9.63 Å². The first-order valence-corrected chi connectivity index (χ1v) is 8.05. The van der Waals surface area contributed by atoms with E-state index in [-0.39, 0.29) is 17.5 Å². The van der Waals surface area contributed by atoms with Crippen LogP contribution in [0.1, 0.15) is 54.9 Å². The number of benzene rings is 1. The van der Waals surface area contributed by atoms with E-state index in [4.69, 9.17) is 4.84 Å². The fourth-order valence-electron chi connectivity index (χ4n) is 3.55. The van der Waals surface area contributed by atoms with E-state index in [0.717, 1.165) is 0 Å². The number of Topliss-reactive ketones (excluding diaryl/α,β-unsaturated/α-hetero) is 1. The fraction of sp³-hybridized carbons (Fsp3) is 0.474. The van der Waals surface area contributed by atoms with E-state index >= 15 is 0 Å². The van der Waals surface area contributed by atoms with Gasteiger partial charge in [0, 0.05) is 12.8 Å². The lowest BCUT2D eigenvalue weighted by Gasteiger charge is -2.26. The van der Waals surface area contributed by atoms with E-state index in [0.29, 0.717) is 30.7 Å². The molecule has 0 aromatic heterocycles. The van der Waals surface area contributed by atoms with Crippen LogP contribution < -0.4 is 0 Å². The van der Waals surface area contributed by atoms with Crippen LogP contribution in [0.4, 0.5) is 0 Å². The van der Waals surface area contributed by atoms with Crippen molar-refractivity contribution in [3.05, 3.63) is 45.7 Å². The normalized spacial score (nSPS) is 19.3. The molecule has 0 bridgehead atoms. The summed E-state index contributed by atoms with van der Waals surface area (Å²) in [5, 5.41) is 14.3. The van der Waals surface area contributed by atoms with Crippen LogP contribution in [-0.4, -0.2) is 23.2 Å². The van der Waals surface area contributed by atoms with E-state index in [1.54, 1.807) is 6.92 Å². The number of hydrogen-bond acceptors (Lipinski definition) is 4. The van der Waals surface area contributed by atoms with E-state index in [1.807, 2.05) is 6.92 Å². The van der Waals surface area contributed by atoms with Crippen molar-refractivity contribution >= 4 is 11.5 Å². The molecule has 0 aliphatic heterocycles. The molecule has 1 aromatic rings. The van der Waals surface area contributed by atoms with Gasteiger partial charge >= 0.3 is 0 Å². The quantitative estimate of drug-likeness (QED) is 0.666. The van der Waals surface area contributed by atoms with Crippen molar-refractivity contribution in [2.45, 2.75) is 53.4 Å². The van der Waals surface area contributed by atoms with Gasteiger partial charge in [-0.1, -0.05) is 22.9 Å². The summed E-state index contributed by atoms with van der Waals surface area (Å²) < 4.78 is 0. The van der Waals surface area contributed by atoms with Gasteiger partial charge in [0.15, 0.2) is 5.78 Å². The molecular formula is C19H25NO3. The molecule has 1 atom stereocenters. The van der Waals surface area contributed by atoms with Crippen LogP contribution in [0.15, 0.2) is 28.6 Å². The summed E-state index contributed by atoms with van der Waals surface area (Å²) in [6.07, 6.45) is 0.855. The first kappa shape index (κ1) is 17.3. The number of aliphatic hydroxyl groups excluding tert-OH is 1. The summed E-state index contributed by atoms with van der Waals surface area (Å²) in [6, 6.07) is 4.26. The standard InChI is InChI=1S/C19H25NO3/c1-6-23-20-14(5)19-16(21)9-15(10-17(19)22)18-12(3)7-11(2)8-13(18)4/h7-8,15,21H,6,9-10H2,1-5H3/b20-14-/t15-/m1/s1. The number of carbonyl (C=O) groups excluding carboxylic acids is 1. The summed E-state index contributed by atoms with van der Waals surface area (Å²) in [7, 11) is 0. The van der Waals surface area contributed by atoms with Crippen LogP contribution in [0.25, 0.3) is 0 Å². The molecule has 0 unspecified atom stereocenters. The van der Waals surface area contributed by atoms with Crippen LogP contribution in [0.5, 0.6) is 0 Å². The topological polar surface area (TPSA) is 58.9 Å². The molecule has 0 radical (unpaired) electrons. The van der Waals surface area contributed by atoms with Gasteiger partial charge in [0.1, 0.15) is 12.4 Å². The fourth-order valence-corrected chi connectivity index (χ4v) is 3.55. The number of ketones is 1. The van der Waals surface area contributed by atoms with Crippen LogP contribution in [0.3, 0.4) is 0 Å². The molecule has 0 saturated carbocycles. The van der Waals surface area contributed by atoms with Gasteiger partial charge in [0.05, 0.1) is 11.3 Å². The number of allylic oxidation sites excluding steroid dienone is 2. The highest BCUT2D eigenvalue weighted by Gasteiger charge is 2.31. The number of nitrogens with zero attached hydrogens (tertiary/aromatic N) is 1. The zero-order valence-corrected chi connectivity index (χ0v) is 14.6. The van der Waals surface area contributed by atoms with Gasteiger partial charge in [-0.05, 0) is 57.2 Å². The highest BCUT2D eigenvalue weighted by atomic mass is 16.6. The zero-order chi connectivity index (χ0) is 17.1. The highest BCUT2D eigenvalue weighted by molar-refractivity contribution is 6.22. The summed E-state index contributed by atoms with van der Waals surface area (Å²) in [5.41, 5.74) is 5.51. The largest absolute Gasteiger partial charge is 0.511 e. The zero-order valence-electron chi connectivity index (χ0n) is 14.6. The van der Waals surface area contributed by atoms with Crippen molar-refractivity contribution in [1.82, 2.24) is 0 Å². The van der Waals surface area contributed by atoms with Crippen molar-refractivity contribution in [3.8, 4) is 0 Å². The van der Waals surface area contributed by atoms with Crippen molar-refractivity contribution in [1.29, 1.82) is 0 Å². The van der Waals surface area contributed by atoms with Gasteiger partial charge in [-0.15, -0.1) is 0 Å². The molecule has 0 amide bonds. The maximum Gasteiger partial charge on any atom is 0.168 e. The number of aryl methyl sites for hydroxylation is 3. The predicted molar refractivity (Wildman–Crippen MR) is 92.0 cm³/mol. The molecule has 0 spiro atoms. The Morgan fingerprint density at radius 3 is 2.39 bits per heavy atom. The molecular weight excluding hydrogens is 290 g/mol. The summed E-state index contributed by atoms with van der Waals surface area (Å²) in [6.45, 7) is 10.2. The maximum absolute atomic E-state index is 12.5. The maximum atomic E-state index is 12.5. The minimum Gasteiger partial charge on any atom is -0.511 e. The highest BCUT2D eigenvalue weighted by Crippen LogP contribution is 2.37. The second kappa shape index (κ2) is 6.99. The first-order valence-electron chi connectivity index (χ1n) is 8.05. The lowest BCUT2D eigenvalue weighted by atomic mass is 9.78. The molecule has 1 aliphatic rings. The van der Waals surface area contributed by atoms with E-state index < -0.39 is 0 Å². The van der Waals surface area contributed by atoms with E-state index in [2.05, 4.69) is 38.1 Å². The Kier molecular flexibility index (Phi) is 5.24. The number of rotatable bonds is 4. The molecule has 4 nitrogen and oxygen atoms in total. The Hall–Kier alpha value is -2.10. The molecule has 2 rings (SSSR count). The van der Waals surface area contributed by atoms with Crippen LogP contribution >= 0.6 is 0 Å². The molecule has 4 heteroatoms. The predicted octanol–water partition coefficient (Wildman–Crippen LogP) is 4.28. The third-order valence-electron chi connectivity index (χ3n) is 4.28. The van der Waals surface area contributed by atoms with Crippen LogP contribution in [0, 0.1) is 20.8 Å². The van der Waals surface area contributed by atoms with Gasteiger partial charge in [-0.3, -0.25) is 4.79 Å². The van der Waals surface area contributed by atoms with Gasteiger partial charge < -0.3 is 9.94 Å². The lowest BCUT2D eigenvalue weighted by molar-refractivity contribution is -0.116. The van der Waals surface area contributed by atoms with Crippen molar-refractivity contribution in [3.63, 3.8) is 0 Å². The van der Waals surface area contributed by atoms with E-state index in [9.17, 15) is 9.90 Å². The first-order chi connectivity index (χ1) is 10.8. The van der Waals surface area contributed by atoms with Crippen LogP contribution in [0.2, 0.25) is 0 Å². The Morgan fingerprint density at radius 2 is 1.87 bits per heavy atom. The van der Waals surface area contributed by atoms with Crippen molar-refractivity contribution in [2.75, 3.05) is 6.61 Å². The average molecular weight is 315 g/mol. The molecule has 0 heterocycles. The molecule has 0 fully saturated rings. The minimum absolute atomic E-state index is 0.0201. The second-order valence-electron chi connectivity index (χ2n) is 6.26. The molecule has 1 aliphatic carbocycles. The third kappa shape index (κ3) is 3.63.